The van der Waals surface area contributed by atoms with Crippen molar-refractivity contribution in [2.45, 2.75) is 45.1 Å². The molecule has 15 heteroatoms. The largest absolute Gasteiger partial charge is 0.448 e. The minimum atomic E-state index is -2.49. The molecule has 1 aliphatic rings. The van der Waals surface area contributed by atoms with Crippen LogP contribution in [0.4, 0.5) is 43.9 Å². The molecule has 2 aromatic carbocycles. The lowest BCUT2D eigenvalue weighted by molar-refractivity contribution is -0.0498. The van der Waals surface area contributed by atoms with E-state index in [1.807, 2.05) is 13.8 Å². The van der Waals surface area contributed by atoms with Crippen molar-refractivity contribution in [1.82, 2.24) is 0 Å². The van der Waals surface area contributed by atoms with Crippen LogP contribution < -0.4 is 0 Å². The van der Waals surface area contributed by atoms with Gasteiger partial charge in [0.25, 0.3) is 0 Å². The van der Waals surface area contributed by atoms with Crippen LogP contribution >= 0.6 is 0 Å². The molecule has 0 fully saturated rings. The summed E-state index contributed by atoms with van der Waals surface area (Å²) in [5.41, 5.74) is -3.31. The highest BCUT2D eigenvalue weighted by Crippen LogP contribution is 2.33. The summed E-state index contributed by atoms with van der Waals surface area (Å²) in [5.74, 6) is -25.1. The van der Waals surface area contributed by atoms with E-state index in [9.17, 15) is 54.1 Å². The smallest absolute Gasteiger partial charge is 0.225 e. The molecule has 5 nitrogen and oxygen atoms in total. The number of nitrogens with zero attached hydrogens (tertiary/aromatic N) is 1. The van der Waals surface area contributed by atoms with Crippen LogP contribution in [-0.2, 0) is 4.74 Å². The van der Waals surface area contributed by atoms with Crippen molar-refractivity contribution in [2.24, 2.45) is 4.99 Å². The van der Waals surface area contributed by atoms with Crippen molar-refractivity contribution in [3.8, 4) is 0 Å². The third-order valence-electron chi connectivity index (χ3n) is 4.52. The normalized spacial score (nSPS) is 17.7. The van der Waals surface area contributed by atoms with Gasteiger partial charge in [0, 0.05) is 20.0 Å². The van der Waals surface area contributed by atoms with Gasteiger partial charge in [0.1, 0.15) is 5.56 Å². The minimum Gasteiger partial charge on any atom is -0.448 e. The van der Waals surface area contributed by atoms with Crippen molar-refractivity contribution >= 4 is 5.90 Å². The molecular weight excluding hydrogens is 520 g/mol. The van der Waals surface area contributed by atoms with Gasteiger partial charge >= 0.3 is 0 Å². The second kappa shape index (κ2) is 12.9. The molecule has 0 spiro atoms. The Hall–Kier alpha value is -2.91. The number of halogens is 10. The van der Waals surface area contributed by atoms with Gasteiger partial charge in [-0.1, -0.05) is 13.8 Å². The topological polar surface area (TPSA) is 82.3 Å². The third-order valence-corrected chi connectivity index (χ3v) is 4.52. The molecule has 0 radical (unpaired) electrons. The van der Waals surface area contributed by atoms with Crippen LogP contribution in [0.5, 0.6) is 0 Å². The number of aliphatic hydroxyl groups excluding tert-OH is 3. The van der Waals surface area contributed by atoms with E-state index < -0.39 is 106 Å². The highest BCUT2D eigenvalue weighted by molar-refractivity contribution is 5.95. The van der Waals surface area contributed by atoms with E-state index in [0.717, 1.165) is 7.11 Å². The van der Waals surface area contributed by atoms with Crippen molar-refractivity contribution in [2.75, 3.05) is 7.11 Å². The zero-order valence-corrected chi connectivity index (χ0v) is 18.6. The van der Waals surface area contributed by atoms with E-state index in [4.69, 9.17) is 5.11 Å². The summed E-state index contributed by atoms with van der Waals surface area (Å²) in [6.07, 6.45) is -6.05. The molecule has 36 heavy (non-hydrogen) atoms. The van der Waals surface area contributed by atoms with Gasteiger partial charge in [-0.3, -0.25) is 0 Å². The number of ether oxygens (including phenoxy) is 1. The Labute approximate surface area is 197 Å². The Balaban J connectivity index is 0.00000154. The molecule has 202 valence electrons. The van der Waals surface area contributed by atoms with Gasteiger partial charge in [-0.25, -0.2) is 48.9 Å². The number of hydrogen-bond donors (Lipinski definition) is 3. The van der Waals surface area contributed by atoms with E-state index in [0.29, 0.717) is 0 Å². The molecule has 0 amide bonds. The van der Waals surface area contributed by atoms with E-state index in [1.54, 1.807) is 0 Å². The summed E-state index contributed by atoms with van der Waals surface area (Å²) < 4.78 is 140. The number of benzene rings is 2. The van der Waals surface area contributed by atoms with Crippen molar-refractivity contribution in [1.29, 1.82) is 0 Å². The van der Waals surface area contributed by atoms with Gasteiger partial charge in [-0.2, -0.15) is 0 Å². The zero-order chi connectivity index (χ0) is 28.1. The van der Waals surface area contributed by atoms with E-state index >= 15 is 0 Å². The molecule has 3 rings (SSSR count). The first kappa shape index (κ1) is 31.1. The second-order valence-corrected chi connectivity index (χ2v) is 6.58. The van der Waals surface area contributed by atoms with Gasteiger partial charge in [-0.05, 0) is 0 Å². The fraction of sp³-hybridized carbons (Fsp3) is 0.381. The molecule has 3 unspecified atom stereocenters. The first-order valence-electron chi connectivity index (χ1n) is 9.95. The molecular formula is C21H19F10NO4. The summed E-state index contributed by atoms with van der Waals surface area (Å²) in [4.78, 5) is 3.46. The lowest BCUT2D eigenvalue weighted by Crippen LogP contribution is -2.32. The van der Waals surface area contributed by atoms with E-state index in [2.05, 4.69) is 9.73 Å². The number of hydrogen-bond acceptors (Lipinski definition) is 5. The molecule has 0 saturated heterocycles. The summed E-state index contributed by atoms with van der Waals surface area (Å²) in [5, 5.41) is 26.7. The maximum absolute atomic E-state index is 14.0. The van der Waals surface area contributed by atoms with E-state index in [1.165, 1.54) is 0 Å². The average molecular weight is 539 g/mol. The number of aliphatic hydroxyl groups is 3. The highest BCUT2D eigenvalue weighted by Gasteiger charge is 2.36. The standard InChI is InChI=1S/C18H9F10NO3.C2H6.CH4O/c19-8-6(9(20)13(24)16(27)12(8)23)4(30)1-3-2-5(31)32-18(29-3)7-10(21)14(25)17(28)15(26)11(7)22;2*1-2/h3-5,30-31H,1-2H2;1-2H3;2H,1H3. The van der Waals surface area contributed by atoms with Crippen LogP contribution in [0.25, 0.3) is 0 Å². The zero-order valence-electron chi connectivity index (χ0n) is 18.6. The molecule has 0 saturated carbocycles. The SMILES string of the molecule is CC.CO.OC1CC(CC(O)c2c(F)c(F)c(F)c(F)c2F)N=C(c2c(F)c(F)c(F)c(F)c2F)O1. The highest BCUT2D eigenvalue weighted by atomic mass is 19.2. The first-order valence-corrected chi connectivity index (χ1v) is 9.95. The van der Waals surface area contributed by atoms with Crippen molar-refractivity contribution in [3.63, 3.8) is 0 Å². The molecule has 1 aliphatic heterocycles. The van der Waals surface area contributed by atoms with Crippen LogP contribution in [0.2, 0.25) is 0 Å². The van der Waals surface area contributed by atoms with Gasteiger partial charge in [0.15, 0.2) is 46.5 Å². The molecule has 0 bridgehead atoms. The summed E-state index contributed by atoms with van der Waals surface area (Å²) in [7, 11) is 1.00. The first-order chi connectivity index (χ1) is 16.9. The summed E-state index contributed by atoms with van der Waals surface area (Å²) in [6, 6.07) is -1.56. The summed E-state index contributed by atoms with van der Waals surface area (Å²) >= 11 is 0. The fourth-order valence-electron chi connectivity index (χ4n) is 3.01. The Morgan fingerprint density at radius 3 is 1.50 bits per heavy atom. The minimum absolute atomic E-state index is 0.634. The van der Waals surface area contributed by atoms with Gasteiger partial charge in [0.05, 0.1) is 17.7 Å². The number of aliphatic imine (C=N–C) groups is 1. The Morgan fingerprint density at radius 2 is 1.08 bits per heavy atom. The summed E-state index contributed by atoms with van der Waals surface area (Å²) in [6.45, 7) is 4.00. The Morgan fingerprint density at radius 1 is 0.722 bits per heavy atom. The number of rotatable bonds is 4. The molecule has 0 aromatic heterocycles. The van der Waals surface area contributed by atoms with Crippen molar-refractivity contribution in [3.05, 3.63) is 69.3 Å². The predicted molar refractivity (Wildman–Crippen MR) is 104 cm³/mol. The van der Waals surface area contributed by atoms with Crippen molar-refractivity contribution < 1.29 is 64.0 Å². The monoisotopic (exact) mass is 539 g/mol. The van der Waals surface area contributed by atoms with Crippen LogP contribution in [0, 0.1) is 58.2 Å². The van der Waals surface area contributed by atoms with Gasteiger partial charge < -0.3 is 20.1 Å². The van der Waals surface area contributed by atoms with E-state index in [-0.39, 0.29) is 0 Å². The van der Waals surface area contributed by atoms with Crippen LogP contribution in [0.3, 0.4) is 0 Å². The lowest BCUT2D eigenvalue weighted by Gasteiger charge is -2.27. The second-order valence-electron chi connectivity index (χ2n) is 6.58. The Bertz CT molecular complexity index is 1070. The van der Waals surface area contributed by atoms with Gasteiger partial charge in [-0.15, -0.1) is 0 Å². The average Bonchev–Trinajstić information content (AvgIpc) is 2.86. The lowest BCUT2D eigenvalue weighted by atomic mass is 9.98. The predicted octanol–water partition coefficient (Wildman–Crippen LogP) is 4.69. The molecule has 3 atom stereocenters. The molecule has 1 heterocycles. The van der Waals surface area contributed by atoms with Crippen LogP contribution in [0.1, 0.15) is 43.9 Å². The van der Waals surface area contributed by atoms with Crippen LogP contribution in [-0.4, -0.2) is 40.7 Å². The van der Waals surface area contributed by atoms with Crippen LogP contribution in [0.15, 0.2) is 4.99 Å². The maximum atomic E-state index is 14.0. The maximum Gasteiger partial charge on any atom is 0.225 e. The fourth-order valence-corrected chi connectivity index (χ4v) is 3.01. The molecule has 0 aliphatic carbocycles. The van der Waals surface area contributed by atoms with Gasteiger partial charge in [0.2, 0.25) is 23.8 Å². The molecule has 3 N–H and O–H groups in total. The Kier molecular flexibility index (Phi) is 11.1. The third kappa shape index (κ3) is 5.90. The quantitative estimate of drug-likeness (QED) is 0.299. The molecule has 2 aromatic rings.